The molecule has 1 saturated heterocycles. The summed E-state index contributed by atoms with van der Waals surface area (Å²) in [5.74, 6) is 1.64. The molecule has 1 atom stereocenters. The van der Waals surface area contributed by atoms with Crippen molar-refractivity contribution in [3.05, 3.63) is 53.7 Å². The predicted molar refractivity (Wildman–Crippen MR) is 117 cm³/mol. The van der Waals surface area contributed by atoms with Gasteiger partial charge in [-0.1, -0.05) is 30.3 Å². The van der Waals surface area contributed by atoms with Crippen LogP contribution in [0.1, 0.15) is 37.3 Å². The molecule has 28 heavy (non-hydrogen) atoms. The first-order valence-electron chi connectivity index (χ1n) is 10.0. The van der Waals surface area contributed by atoms with Gasteiger partial charge in [0.2, 0.25) is 0 Å². The van der Waals surface area contributed by atoms with Crippen LogP contribution in [0.5, 0.6) is 0 Å². The Balaban J connectivity index is 1.50. The van der Waals surface area contributed by atoms with Crippen LogP contribution >= 0.6 is 11.8 Å². The number of benzene rings is 1. The third kappa shape index (κ3) is 3.83. The van der Waals surface area contributed by atoms with Crippen molar-refractivity contribution >= 4 is 17.6 Å². The van der Waals surface area contributed by atoms with Gasteiger partial charge in [-0.2, -0.15) is 11.8 Å². The number of pyridine rings is 1. The lowest BCUT2D eigenvalue weighted by Crippen LogP contribution is -2.39. The van der Waals surface area contributed by atoms with Crippen LogP contribution in [0.15, 0.2) is 42.6 Å². The third-order valence-corrected chi connectivity index (χ3v) is 7.55. The van der Waals surface area contributed by atoms with Gasteiger partial charge in [0, 0.05) is 47.2 Å². The average Bonchev–Trinajstić information content (AvgIpc) is 3.49. The Kier molecular flexibility index (Phi) is 5.23. The van der Waals surface area contributed by atoms with Crippen molar-refractivity contribution < 1.29 is 5.11 Å². The Morgan fingerprint density at radius 1 is 1.21 bits per heavy atom. The Bertz CT molecular complexity index is 862. The molecular weight excluding hydrogens is 366 g/mol. The zero-order valence-corrected chi connectivity index (χ0v) is 17.6. The maximum Gasteiger partial charge on any atom is 0.0973 e. The topological polar surface area (TPSA) is 60.2 Å². The Morgan fingerprint density at radius 2 is 1.96 bits per heavy atom. The van der Waals surface area contributed by atoms with Crippen molar-refractivity contribution in [3.63, 3.8) is 0 Å². The summed E-state index contributed by atoms with van der Waals surface area (Å²) in [6.45, 7) is 6.11. The largest absolute Gasteiger partial charge is 0.395 e. The molecule has 1 unspecified atom stereocenters. The van der Waals surface area contributed by atoms with Crippen molar-refractivity contribution in [1.82, 2.24) is 9.88 Å². The van der Waals surface area contributed by atoms with Crippen LogP contribution in [0.4, 0.5) is 0 Å². The zero-order valence-electron chi connectivity index (χ0n) is 16.7. The first-order valence-corrected chi connectivity index (χ1v) is 11.0. The van der Waals surface area contributed by atoms with E-state index in [9.17, 15) is 5.11 Å². The van der Waals surface area contributed by atoms with Gasteiger partial charge in [0.15, 0.2) is 0 Å². The number of nitrogens with one attached hydrogen (secondary N) is 1. The molecule has 4 nitrogen and oxygen atoms in total. The summed E-state index contributed by atoms with van der Waals surface area (Å²) < 4.78 is -0.218. The summed E-state index contributed by atoms with van der Waals surface area (Å²) in [5.41, 5.74) is 4.95. The van der Waals surface area contributed by atoms with Gasteiger partial charge in [-0.3, -0.25) is 10.4 Å². The van der Waals surface area contributed by atoms with Crippen molar-refractivity contribution in [3.8, 4) is 11.3 Å². The van der Waals surface area contributed by atoms with Gasteiger partial charge in [-0.15, -0.1) is 0 Å². The maximum absolute atomic E-state index is 9.70. The lowest BCUT2D eigenvalue weighted by molar-refractivity contribution is 0.257. The SMILES string of the molecule is Cc1cccnc1-c1ccc(C2(CN3CCSC(C)(CO)CC3=N)CC2)cc1. The fourth-order valence-corrected chi connectivity index (χ4v) is 5.29. The predicted octanol–water partition coefficient (Wildman–Crippen LogP) is 4.26. The summed E-state index contributed by atoms with van der Waals surface area (Å²) in [7, 11) is 0. The van der Waals surface area contributed by atoms with E-state index in [1.165, 1.54) is 24.0 Å². The summed E-state index contributed by atoms with van der Waals surface area (Å²) in [6, 6.07) is 13.0. The van der Waals surface area contributed by atoms with E-state index in [1.807, 2.05) is 12.3 Å². The van der Waals surface area contributed by atoms with Crippen LogP contribution in [-0.4, -0.2) is 51.0 Å². The summed E-state index contributed by atoms with van der Waals surface area (Å²) in [5, 5.41) is 18.3. The number of aryl methyl sites for hydroxylation is 1. The highest BCUT2D eigenvalue weighted by Gasteiger charge is 2.46. The lowest BCUT2D eigenvalue weighted by Gasteiger charge is -2.30. The normalized spacial score (nSPS) is 24.1. The molecule has 148 valence electrons. The molecule has 0 bridgehead atoms. The number of aliphatic hydroxyl groups excluding tert-OH is 1. The minimum atomic E-state index is -0.218. The van der Waals surface area contributed by atoms with E-state index in [4.69, 9.17) is 5.41 Å². The van der Waals surface area contributed by atoms with Crippen LogP contribution in [0.25, 0.3) is 11.3 Å². The van der Waals surface area contributed by atoms with Gasteiger partial charge < -0.3 is 10.0 Å². The molecule has 0 spiro atoms. The van der Waals surface area contributed by atoms with Crippen LogP contribution < -0.4 is 0 Å². The van der Waals surface area contributed by atoms with Gasteiger partial charge >= 0.3 is 0 Å². The van der Waals surface area contributed by atoms with Crippen molar-refractivity contribution in [2.24, 2.45) is 0 Å². The summed E-state index contributed by atoms with van der Waals surface area (Å²) in [6.07, 6.45) is 4.86. The van der Waals surface area contributed by atoms with E-state index in [0.29, 0.717) is 12.3 Å². The van der Waals surface area contributed by atoms with Crippen LogP contribution in [-0.2, 0) is 5.41 Å². The van der Waals surface area contributed by atoms with Crippen LogP contribution in [0.3, 0.4) is 0 Å². The Hall–Kier alpha value is -1.85. The molecule has 4 rings (SSSR count). The molecule has 1 aliphatic carbocycles. The minimum Gasteiger partial charge on any atom is -0.395 e. The van der Waals surface area contributed by atoms with Crippen molar-refractivity contribution in [1.29, 1.82) is 5.41 Å². The number of nitrogens with zero attached hydrogens (tertiary/aromatic N) is 2. The molecular formula is C23H29N3OS. The molecule has 1 aromatic carbocycles. The van der Waals surface area contributed by atoms with Crippen LogP contribution in [0.2, 0.25) is 0 Å². The van der Waals surface area contributed by atoms with Gasteiger partial charge in [0.25, 0.3) is 0 Å². The molecule has 1 aromatic heterocycles. The van der Waals surface area contributed by atoms with Gasteiger partial charge in [-0.05, 0) is 43.9 Å². The second-order valence-electron chi connectivity index (χ2n) is 8.53. The highest BCUT2D eigenvalue weighted by molar-refractivity contribution is 8.00. The average molecular weight is 396 g/mol. The summed E-state index contributed by atoms with van der Waals surface area (Å²) in [4.78, 5) is 6.78. The first kappa shape index (κ1) is 19.5. The van der Waals surface area contributed by atoms with E-state index in [1.54, 1.807) is 11.8 Å². The van der Waals surface area contributed by atoms with E-state index in [2.05, 4.69) is 54.1 Å². The van der Waals surface area contributed by atoms with E-state index in [0.717, 1.165) is 30.1 Å². The number of thioether (sulfide) groups is 1. The fourth-order valence-electron chi connectivity index (χ4n) is 4.15. The summed E-state index contributed by atoms with van der Waals surface area (Å²) >= 11 is 1.80. The highest BCUT2D eigenvalue weighted by Crippen LogP contribution is 2.49. The highest BCUT2D eigenvalue weighted by atomic mass is 32.2. The number of hydrogen-bond acceptors (Lipinski definition) is 4. The van der Waals surface area contributed by atoms with Crippen LogP contribution in [0, 0.1) is 12.3 Å². The standard InChI is InChI=1S/C23H29N3OS/c1-17-4-3-11-25-21(17)18-5-7-19(8-6-18)23(9-10-23)15-26-12-13-28-22(2,16-27)14-20(26)24/h3-8,11,24,27H,9-10,12-16H2,1-2H3. The Morgan fingerprint density at radius 3 is 2.61 bits per heavy atom. The maximum atomic E-state index is 9.70. The Labute approximate surface area is 171 Å². The van der Waals surface area contributed by atoms with Gasteiger partial charge in [-0.25, -0.2) is 0 Å². The molecule has 0 radical (unpaired) electrons. The van der Waals surface area contributed by atoms with E-state index in [-0.39, 0.29) is 16.8 Å². The number of rotatable bonds is 5. The van der Waals surface area contributed by atoms with Gasteiger partial charge in [0.1, 0.15) is 0 Å². The number of amidine groups is 1. The molecule has 2 aromatic rings. The molecule has 2 aliphatic rings. The second-order valence-corrected chi connectivity index (χ2v) is 10.2. The van der Waals surface area contributed by atoms with E-state index < -0.39 is 0 Å². The number of aromatic nitrogens is 1. The molecule has 2 N–H and O–H groups in total. The quantitative estimate of drug-likeness (QED) is 0.794. The minimum absolute atomic E-state index is 0.132. The molecule has 1 saturated carbocycles. The number of hydrogen-bond donors (Lipinski definition) is 2. The molecule has 1 aliphatic heterocycles. The molecule has 2 fully saturated rings. The molecule has 5 heteroatoms. The first-order chi connectivity index (χ1) is 13.4. The molecule has 2 heterocycles. The molecule has 0 amide bonds. The fraction of sp³-hybridized carbons (Fsp3) is 0.478. The lowest BCUT2D eigenvalue weighted by atomic mass is 9.93. The van der Waals surface area contributed by atoms with Crippen molar-refractivity contribution in [2.45, 2.75) is 43.3 Å². The van der Waals surface area contributed by atoms with E-state index >= 15 is 0 Å². The van der Waals surface area contributed by atoms with Gasteiger partial charge in [0.05, 0.1) is 18.1 Å². The third-order valence-electron chi connectivity index (χ3n) is 6.20. The monoisotopic (exact) mass is 395 g/mol. The number of aliphatic hydroxyl groups is 1. The second kappa shape index (κ2) is 7.53. The van der Waals surface area contributed by atoms with Crippen molar-refractivity contribution in [2.75, 3.05) is 25.4 Å². The zero-order chi connectivity index (χ0) is 19.8. The smallest absolute Gasteiger partial charge is 0.0973 e.